The van der Waals surface area contributed by atoms with E-state index in [4.69, 9.17) is 5.11 Å². The number of aryl methyl sites for hydroxylation is 1. The number of fused-ring (bicyclic) bond motifs is 1. The van der Waals surface area contributed by atoms with E-state index in [1.54, 1.807) is 0 Å². The van der Waals surface area contributed by atoms with Crippen molar-refractivity contribution in [3.63, 3.8) is 0 Å². The Morgan fingerprint density at radius 2 is 1.81 bits per heavy atom. The molecule has 2 N–H and O–H groups in total. The number of nitrogens with one attached hydrogen (secondary N) is 1. The zero-order chi connectivity index (χ0) is 14.7. The summed E-state index contributed by atoms with van der Waals surface area (Å²) in [5, 5.41) is 12.4. The maximum atomic E-state index is 10.7. The molecule has 0 saturated carbocycles. The lowest BCUT2D eigenvalue weighted by Gasteiger charge is -2.14. The molecule has 0 fully saturated rings. The van der Waals surface area contributed by atoms with E-state index in [1.165, 1.54) is 16.7 Å². The first-order chi connectivity index (χ1) is 10.2. The monoisotopic (exact) mass is 281 g/mol. The second-order valence-electron chi connectivity index (χ2n) is 5.56. The lowest BCUT2D eigenvalue weighted by molar-refractivity contribution is -0.136. The molecule has 0 aliphatic heterocycles. The Kier molecular flexibility index (Phi) is 4.02. The fourth-order valence-electron chi connectivity index (χ4n) is 2.96. The molecule has 0 radical (unpaired) electrons. The van der Waals surface area contributed by atoms with Gasteiger partial charge < -0.3 is 10.4 Å². The van der Waals surface area contributed by atoms with Crippen LogP contribution < -0.4 is 5.32 Å². The Morgan fingerprint density at radius 3 is 2.57 bits per heavy atom. The van der Waals surface area contributed by atoms with Gasteiger partial charge in [-0.3, -0.25) is 4.79 Å². The molecule has 2 aromatic rings. The summed E-state index contributed by atoms with van der Waals surface area (Å²) in [6.07, 6.45) is 2.38. The van der Waals surface area contributed by atoms with Crippen molar-refractivity contribution in [1.29, 1.82) is 0 Å². The molecule has 3 heteroatoms. The van der Waals surface area contributed by atoms with Crippen LogP contribution in [-0.2, 0) is 24.2 Å². The number of hydrogen-bond donors (Lipinski definition) is 2. The van der Waals surface area contributed by atoms with Crippen molar-refractivity contribution in [1.82, 2.24) is 5.32 Å². The first-order valence-electron chi connectivity index (χ1n) is 7.33. The minimum absolute atomic E-state index is 0.0870. The molecule has 1 atom stereocenters. The van der Waals surface area contributed by atoms with Crippen LogP contribution in [0.4, 0.5) is 0 Å². The van der Waals surface area contributed by atoms with E-state index in [2.05, 4.69) is 29.6 Å². The van der Waals surface area contributed by atoms with Crippen molar-refractivity contribution >= 4 is 5.97 Å². The number of hydrogen-bond acceptors (Lipinski definition) is 2. The van der Waals surface area contributed by atoms with Crippen molar-refractivity contribution in [3.8, 4) is 0 Å². The number of carboxylic acids is 1. The molecule has 2 aromatic carbocycles. The first kappa shape index (κ1) is 13.8. The zero-order valence-corrected chi connectivity index (χ0v) is 11.9. The van der Waals surface area contributed by atoms with Gasteiger partial charge in [-0.15, -0.1) is 0 Å². The quantitative estimate of drug-likeness (QED) is 0.885. The Bertz CT molecular complexity index is 634. The third-order valence-corrected chi connectivity index (χ3v) is 4.06. The molecule has 3 nitrogen and oxygen atoms in total. The summed E-state index contributed by atoms with van der Waals surface area (Å²) in [4.78, 5) is 10.7. The maximum Gasteiger partial charge on any atom is 0.307 e. The molecule has 0 heterocycles. The van der Waals surface area contributed by atoms with Crippen LogP contribution in [0.15, 0.2) is 48.5 Å². The van der Waals surface area contributed by atoms with Gasteiger partial charge >= 0.3 is 5.97 Å². The largest absolute Gasteiger partial charge is 0.481 e. The molecule has 0 spiro atoms. The van der Waals surface area contributed by atoms with Gasteiger partial charge in [0.05, 0.1) is 6.42 Å². The maximum absolute atomic E-state index is 10.7. The number of carboxylic acid groups (broad SMARTS) is 1. The van der Waals surface area contributed by atoms with Crippen molar-refractivity contribution in [2.24, 2.45) is 0 Å². The van der Waals surface area contributed by atoms with Crippen molar-refractivity contribution in [2.75, 3.05) is 0 Å². The highest BCUT2D eigenvalue weighted by atomic mass is 16.4. The fourth-order valence-corrected chi connectivity index (χ4v) is 2.96. The van der Waals surface area contributed by atoms with Crippen LogP contribution in [-0.4, -0.2) is 11.1 Å². The minimum Gasteiger partial charge on any atom is -0.481 e. The van der Waals surface area contributed by atoms with Crippen molar-refractivity contribution in [2.45, 2.75) is 31.8 Å². The van der Waals surface area contributed by atoms with E-state index in [0.29, 0.717) is 6.04 Å². The average Bonchev–Trinajstić information content (AvgIpc) is 2.89. The molecule has 0 aromatic heterocycles. The third-order valence-electron chi connectivity index (χ3n) is 4.06. The smallest absolute Gasteiger partial charge is 0.307 e. The van der Waals surface area contributed by atoms with Crippen LogP contribution in [0.2, 0.25) is 0 Å². The number of rotatable bonds is 5. The van der Waals surface area contributed by atoms with E-state index in [9.17, 15) is 4.79 Å². The highest BCUT2D eigenvalue weighted by Gasteiger charge is 2.20. The van der Waals surface area contributed by atoms with Gasteiger partial charge in [-0.05, 0) is 35.1 Å². The molecule has 0 bridgehead atoms. The molecular weight excluding hydrogens is 262 g/mol. The van der Waals surface area contributed by atoms with Gasteiger partial charge in [0.15, 0.2) is 0 Å². The molecule has 0 amide bonds. The van der Waals surface area contributed by atoms with Crippen LogP contribution >= 0.6 is 0 Å². The number of benzene rings is 2. The number of carbonyl (C=O) groups is 1. The lowest BCUT2D eigenvalue weighted by Crippen LogP contribution is -2.18. The standard InChI is InChI=1S/C18H19NO2/c20-18(21)11-13-5-7-14(8-6-13)12-19-17-10-9-15-3-1-2-4-16(15)17/h1-8,17,19H,9-12H2,(H,20,21). The Labute approximate surface area is 124 Å². The molecule has 0 saturated heterocycles. The van der Waals surface area contributed by atoms with Crippen LogP contribution in [0.1, 0.15) is 34.7 Å². The first-order valence-corrected chi connectivity index (χ1v) is 7.33. The molecule has 3 rings (SSSR count). The molecule has 1 unspecified atom stereocenters. The Balaban J connectivity index is 1.60. The highest BCUT2D eigenvalue weighted by Crippen LogP contribution is 2.30. The summed E-state index contributed by atoms with van der Waals surface area (Å²) in [7, 11) is 0. The topological polar surface area (TPSA) is 49.3 Å². The van der Waals surface area contributed by atoms with Gasteiger partial charge in [0.1, 0.15) is 0 Å². The minimum atomic E-state index is -0.788. The SMILES string of the molecule is O=C(O)Cc1ccc(CNC2CCc3ccccc32)cc1. The van der Waals surface area contributed by atoms with E-state index in [-0.39, 0.29) is 6.42 Å². The van der Waals surface area contributed by atoms with E-state index in [0.717, 1.165) is 24.9 Å². The fraction of sp³-hybridized carbons (Fsp3) is 0.278. The van der Waals surface area contributed by atoms with Gasteiger partial charge in [-0.2, -0.15) is 0 Å². The second kappa shape index (κ2) is 6.10. The molecule has 108 valence electrons. The Hall–Kier alpha value is -2.13. The molecule has 1 aliphatic rings. The lowest BCUT2D eigenvalue weighted by atomic mass is 10.1. The van der Waals surface area contributed by atoms with Gasteiger partial charge in [-0.25, -0.2) is 0 Å². The van der Waals surface area contributed by atoms with Crippen molar-refractivity contribution < 1.29 is 9.90 Å². The van der Waals surface area contributed by atoms with Gasteiger partial charge in [0, 0.05) is 12.6 Å². The predicted molar refractivity (Wildman–Crippen MR) is 82.1 cm³/mol. The van der Waals surface area contributed by atoms with Crippen LogP contribution in [0.3, 0.4) is 0 Å². The zero-order valence-electron chi connectivity index (χ0n) is 11.9. The highest BCUT2D eigenvalue weighted by molar-refractivity contribution is 5.70. The Morgan fingerprint density at radius 1 is 1.10 bits per heavy atom. The normalized spacial score (nSPS) is 16.7. The summed E-state index contributed by atoms with van der Waals surface area (Å²) in [5.74, 6) is -0.788. The van der Waals surface area contributed by atoms with E-state index >= 15 is 0 Å². The van der Waals surface area contributed by atoms with Crippen molar-refractivity contribution in [3.05, 3.63) is 70.8 Å². The summed E-state index contributed by atoms with van der Waals surface area (Å²) >= 11 is 0. The number of aliphatic carboxylic acids is 1. The van der Waals surface area contributed by atoms with Crippen LogP contribution in [0.25, 0.3) is 0 Å². The van der Waals surface area contributed by atoms with E-state index in [1.807, 2.05) is 24.3 Å². The summed E-state index contributed by atoms with van der Waals surface area (Å²) < 4.78 is 0. The molecule has 1 aliphatic carbocycles. The second-order valence-corrected chi connectivity index (χ2v) is 5.56. The van der Waals surface area contributed by atoms with Gasteiger partial charge in [0.2, 0.25) is 0 Å². The third kappa shape index (κ3) is 3.31. The van der Waals surface area contributed by atoms with Crippen LogP contribution in [0, 0.1) is 0 Å². The van der Waals surface area contributed by atoms with Gasteiger partial charge in [0.25, 0.3) is 0 Å². The van der Waals surface area contributed by atoms with E-state index < -0.39 is 5.97 Å². The predicted octanol–water partition coefficient (Wildman–Crippen LogP) is 3.09. The van der Waals surface area contributed by atoms with Gasteiger partial charge in [-0.1, -0.05) is 48.5 Å². The summed E-state index contributed by atoms with van der Waals surface area (Å²) in [5.41, 5.74) is 4.90. The van der Waals surface area contributed by atoms with Crippen LogP contribution in [0.5, 0.6) is 0 Å². The summed E-state index contributed by atoms with van der Waals surface area (Å²) in [6.45, 7) is 0.812. The summed E-state index contributed by atoms with van der Waals surface area (Å²) in [6, 6.07) is 16.8. The average molecular weight is 281 g/mol. The molecular formula is C18H19NO2. The molecule has 21 heavy (non-hydrogen) atoms.